The van der Waals surface area contributed by atoms with Gasteiger partial charge in [0.05, 0.1) is 5.57 Å². The predicted molar refractivity (Wildman–Crippen MR) is 85.7 cm³/mol. The smallest absolute Gasteiger partial charge is 0.278 e. The van der Waals surface area contributed by atoms with E-state index in [1.54, 1.807) is 6.92 Å². The number of rotatable bonds is 4. The number of likely N-dealkylation sites (N-methyl/N-ethyl adjacent to an activating group) is 1. The first-order valence-corrected chi connectivity index (χ1v) is 7.51. The SMILES string of the molecule is CCN1C(=O)C(Nc2ccc(F)c(F)c2)=C(c2ccc(F)cc2)C1=O. The van der Waals surface area contributed by atoms with E-state index in [9.17, 15) is 22.8 Å². The summed E-state index contributed by atoms with van der Waals surface area (Å²) in [6.07, 6.45) is 0. The number of carbonyl (C=O) groups excluding carboxylic acids is 2. The third kappa shape index (κ3) is 3.00. The Bertz CT molecular complexity index is 892. The van der Waals surface area contributed by atoms with Crippen molar-refractivity contribution >= 4 is 23.1 Å². The number of nitrogens with one attached hydrogen (secondary N) is 1. The molecule has 7 heteroatoms. The molecular formula is C18H13F3N2O2. The number of anilines is 1. The molecule has 0 aromatic heterocycles. The highest BCUT2D eigenvalue weighted by Crippen LogP contribution is 2.30. The van der Waals surface area contributed by atoms with Crippen molar-refractivity contribution in [3.8, 4) is 0 Å². The highest BCUT2D eigenvalue weighted by atomic mass is 19.2. The van der Waals surface area contributed by atoms with Gasteiger partial charge in [-0.05, 0) is 36.8 Å². The zero-order valence-corrected chi connectivity index (χ0v) is 13.1. The molecular weight excluding hydrogens is 333 g/mol. The van der Waals surface area contributed by atoms with Crippen LogP contribution in [0.4, 0.5) is 18.9 Å². The van der Waals surface area contributed by atoms with Crippen LogP contribution in [0.5, 0.6) is 0 Å². The van der Waals surface area contributed by atoms with Gasteiger partial charge in [-0.2, -0.15) is 0 Å². The Morgan fingerprint density at radius 3 is 2.20 bits per heavy atom. The third-order valence-corrected chi connectivity index (χ3v) is 3.81. The lowest BCUT2D eigenvalue weighted by molar-refractivity contribution is -0.136. The number of benzene rings is 2. The van der Waals surface area contributed by atoms with Crippen molar-refractivity contribution < 1.29 is 22.8 Å². The Balaban J connectivity index is 2.08. The van der Waals surface area contributed by atoms with Crippen LogP contribution in [0.2, 0.25) is 0 Å². The summed E-state index contributed by atoms with van der Waals surface area (Å²) in [5.41, 5.74) is 0.453. The van der Waals surface area contributed by atoms with Crippen LogP contribution in [0.25, 0.3) is 5.57 Å². The van der Waals surface area contributed by atoms with E-state index in [1.165, 1.54) is 30.3 Å². The fourth-order valence-corrected chi connectivity index (χ4v) is 2.58. The van der Waals surface area contributed by atoms with Gasteiger partial charge in [0, 0.05) is 18.3 Å². The molecule has 0 radical (unpaired) electrons. The summed E-state index contributed by atoms with van der Waals surface area (Å²) in [5.74, 6) is -3.72. The number of imide groups is 1. The Morgan fingerprint density at radius 2 is 1.60 bits per heavy atom. The van der Waals surface area contributed by atoms with E-state index in [0.717, 1.165) is 17.0 Å². The van der Waals surface area contributed by atoms with Crippen molar-refractivity contribution in [1.29, 1.82) is 0 Å². The molecule has 0 fully saturated rings. The third-order valence-electron chi connectivity index (χ3n) is 3.81. The van der Waals surface area contributed by atoms with Crippen LogP contribution < -0.4 is 5.32 Å². The molecule has 2 aromatic rings. The van der Waals surface area contributed by atoms with Crippen molar-refractivity contribution in [2.75, 3.05) is 11.9 Å². The molecule has 1 N–H and O–H groups in total. The predicted octanol–water partition coefficient (Wildman–Crippen LogP) is 3.32. The van der Waals surface area contributed by atoms with Gasteiger partial charge in [0.2, 0.25) is 0 Å². The van der Waals surface area contributed by atoms with Crippen LogP contribution in [-0.4, -0.2) is 23.3 Å². The lowest BCUT2D eigenvalue weighted by Crippen LogP contribution is -2.32. The molecule has 2 amide bonds. The van der Waals surface area contributed by atoms with Crippen molar-refractivity contribution in [2.24, 2.45) is 0 Å². The average Bonchev–Trinajstić information content (AvgIpc) is 2.82. The van der Waals surface area contributed by atoms with Crippen LogP contribution in [0.1, 0.15) is 12.5 Å². The van der Waals surface area contributed by atoms with Gasteiger partial charge in [-0.3, -0.25) is 14.5 Å². The van der Waals surface area contributed by atoms with E-state index >= 15 is 0 Å². The first kappa shape index (κ1) is 16.8. The molecule has 0 unspecified atom stereocenters. The maximum Gasteiger partial charge on any atom is 0.278 e. The molecule has 128 valence electrons. The van der Waals surface area contributed by atoms with Crippen molar-refractivity contribution in [3.63, 3.8) is 0 Å². The van der Waals surface area contributed by atoms with E-state index < -0.39 is 29.3 Å². The van der Waals surface area contributed by atoms with Gasteiger partial charge >= 0.3 is 0 Å². The van der Waals surface area contributed by atoms with Crippen LogP contribution in [0.3, 0.4) is 0 Å². The second-order valence-electron chi connectivity index (χ2n) is 5.37. The lowest BCUT2D eigenvalue weighted by atomic mass is 10.0. The van der Waals surface area contributed by atoms with Crippen molar-refractivity contribution in [1.82, 2.24) is 4.90 Å². The quantitative estimate of drug-likeness (QED) is 0.864. The van der Waals surface area contributed by atoms with Gasteiger partial charge in [-0.25, -0.2) is 13.2 Å². The Morgan fingerprint density at radius 1 is 0.920 bits per heavy atom. The highest BCUT2D eigenvalue weighted by Gasteiger charge is 2.38. The first-order chi connectivity index (χ1) is 11.9. The molecule has 1 aliphatic rings. The van der Waals surface area contributed by atoms with E-state index in [-0.39, 0.29) is 23.5 Å². The molecule has 1 aliphatic heterocycles. The molecule has 1 heterocycles. The highest BCUT2D eigenvalue weighted by molar-refractivity contribution is 6.36. The monoisotopic (exact) mass is 346 g/mol. The maximum atomic E-state index is 13.4. The molecule has 2 aromatic carbocycles. The minimum Gasteiger partial charge on any atom is -0.350 e. The van der Waals surface area contributed by atoms with E-state index in [4.69, 9.17) is 0 Å². The standard InChI is InChI=1S/C18H13F3N2O2/c1-2-23-17(24)15(10-3-5-11(19)6-4-10)16(18(23)25)22-12-7-8-13(20)14(21)9-12/h3-9,22H,2H2,1H3. The normalized spacial score (nSPS) is 14.5. The van der Waals surface area contributed by atoms with Gasteiger partial charge < -0.3 is 5.32 Å². The number of carbonyl (C=O) groups is 2. The number of hydrogen-bond donors (Lipinski definition) is 1. The van der Waals surface area contributed by atoms with Crippen LogP contribution >= 0.6 is 0 Å². The van der Waals surface area contributed by atoms with Crippen LogP contribution in [0.15, 0.2) is 48.2 Å². The summed E-state index contributed by atoms with van der Waals surface area (Å²) >= 11 is 0. The molecule has 3 rings (SSSR count). The molecule has 0 bridgehead atoms. The minimum atomic E-state index is -1.09. The summed E-state index contributed by atoms with van der Waals surface area (Å²) in [6.45, 7) is 1.78. The summed E-state index contributed by atoms with van der Waals surface area (Å²) in [4.78, 5) is 26.0. The van der Waals surface area contributed by atoms with E-state index in [0.29, 0.717) is 5.56 Å². The number of nitrogens with zero attached hydrogens (tertiary/aromatic N) is 1. The van der Waals surface area contributed by atoms with Gasteiger partial charge in [0.1, 0.15) is 11.5 Å². The van der Waals surface area contributed by atoms with Gasteiger partial charge in [-0.15, -0.1) is 0 Å². The van der Waals surface area contributed by atoms with E-state index in [1.807, 2.05) is 0 Å². The summed E-state index contributed by atoms with van der Waals surface area (Å²) in [5, 5.41) is 2.68. The summed E-state index contributed by atoms with van der Waals surface area (Å²) in [7, 11) is 0. The maximum absolute atomic E-state index is 13.4. The minimum absolute atomic E-state index is 0.0524. The summed E-state index contributed by atoms with van der Waals surface area (Å²) < 4.78 is 39.6. The average molecular weight is 346 g/mol. The summed E-state index contributed by atoms with van der Waals surface area (Å²) in [6, 6.07) is 8.14. The Hall–Kier alpha value is -3.09. The molecule has 0 atom stereocenters. The first-order valence-electron chi connectivity index (χ1n) is 7.51. The second-order valence-corrected chi connectivity index (χ2v) is 5.37. The largest absolute Gasteiger partial charge is 0.350 e. The zero-order valence-electron chi connectivity index (χ0n) is 13.1. The Labute approximate surface area is 141 Å². The van der Waals surface area contributed by atoms with Gasteiger partial charge in [0.25, 0.3) is 11.8 Å². The zero-order chi connectivity index (χ0) is 18.1. The molecule has 0 saturated heterocycles. The molecule has 0 spiro atoms. The van der Waals surface area contributed by atoms with E-state index in [2.05, 4.69) is 5.32 Å². The van der Waals surface area contributed by atoms with Crippen LogP contribution in [0, 0.1) is 17.5 Å². The number of halogens is 3. The van der Waals surface area contributed by atoms with Gasteiger partial charge in [-0.1, -0.05) is 12.1 Å². The number of hydrogen-bond acceptors (Lipinski definition) is 3. The molecule has 0 aliphatic carbocycles. The molecule has 25 heavy (non-hydrogen) atoms. The van der Waals surface area contributed by atoms with Crippen LogP contribution in [-0.2, 0) is 9.59 Å². The fourth-order valence-electron chi connectivity index (χ4n) is 2.58. The fraction of sp³-hybridized carbons (Fsp3) is 0.111. The lowest BCUT2D eigenvalue weighted by Gasteiger charge is -2.12. The second kappa shape index (κ2) is 6.43. The van der Waals surface area contributed by atoms with Gasteiger partial charge in [0.15, 0.2) is 11.6 Å². The molecule has 4 nitrogen and oxygen atoms in total. The Kier molecular flexibility index (Phi) is 4.31. The van der Waals surface area contributed by atoms with Crippen molar-refractivity contribution in [2.45, 2.75) is 6.92 Å². The topological polar surface area (TPSA) is 49.4 Å². The van der Waals surface area contributed by atoms with Crippen molar-refractivity contribution in [3.05, 3.63) is 71.2 Å². The molecule has 0 saturated carbocycles. The number of amides is 2.